The van der Waals surface area contributed by atoms with E-state index in [0.717, 1.165) is 18.4 Å². The summed E-state index contributed by atoms with van der Waals surface area (Å²) in [6.07, 6.45) is 1.76. The van der Waals surface area contributed by atoms with Gasteiger partial charge in [-0.2, -0.15) is 0 Å². The van der Waals surface area contributed by atoms with Crippen LogP contribution in [0.25, 0.3) is 0 Å². The summed E-state index contributed by atoms with van der Waals surface area (Å²) >= 11 is 0. The lowest BCUT2D eigenvalue weighted by Gasteiger charge is -2.26. The number of nitrogens with zero attached hydrogens (tertiary/aromatic N) is 1. The van der Waals surface area contributed by atoms with Gasteiger partial charge < -0.3 is 10.0 Å². The molecular formula is C15H25NO. The summed E-state index contributed by atoms with van der Waals surface area (Å²) in [6.45, 7) is 7.19. The molecule has 2 unspecified atom stereocenters. The van der Waals surface area contributed by atoms with Crippen LogP contribution in [-0.2, 0) is 6.42 Å². The zero-order chi connectivity index (χ0) is 12.8. The van der Waals surface area contributed by atoms with Crippen LogP contribution in [0.2, 0.25) is 0 Å². The third kappa shape index (κ3) is 4.14. The van der Waals surface area contributed by atoms with Gasteiger partial charge in [-0.15, -0.1) is 0 Å². The molecule has 0 radical (unpaired) electrons. The van der Waals surface area contributed by atoms with Crippen molar-refractivity contribution in [2.75, 3.05) is 13.6 Å². The molecule has 96 valence electrons. The van der Waals surface area contributed by atoms with Gasteiger partial charge in [0.1, 0.15) is 0 Å². The van der Waals surface area contributed by atoms with Gasteiger partial charge in [0.25, 0.3) is 0 Å². The highest BCUT2D eigenvalue weighted by Crippen LogP contribution is 2.16. The van der Waals surface area contributed by atoms with Gasteiger partial charge in [-0.3, -0.25) is 0 Å². The molecule has 0 aliphatic heterocycles. The van der Waals surface area contributed by atoms with Crippen molar-refractivity contribution in [1.82, 2.24) is 4.90 Å². The highest BCUT2D eigenvalue weighted by molar-refractivity contribution is 5.24. The van der Waals surface area contributed by atoms with E-state index in [9.17, 15) is 5.11 Å². The summed E-state index contributed by atoms with van der Waals surface area (Å²) < 4.78 is 0. The van der Waals surface area contributed by atoms with Gasteiger partial charge in [0.05, 0.1) is 6.10 Å². The fraction of sp³-hybridized carbons (Fsp3) is 0.600. The predicted molar refractivity (Wildman–Crippen MR) is 73.2 cm³/mol. The van der Waals surface area contributed by atoms with Gasteiger partial charge in [-0.05, 0) is 37.9 Å². The van der Waals surface area contributed by atoms with Gasteiger partial charge in [-0.25, -0.2) is 0 Å². The van der Waals surface area contributed by atoms with Gasteiger partial charge in [0, 0.05) is 12.6 Å². The summed E-state index contributed by atoms with van der Waals surface area (Å²) in [5, 5.41) is 10.2. The van der Waals surface area contributed by atoms with Crippen LogP contribution in [-0.4, -0.2) is 29.6 Å². The summed E-state index contributed by atoms with van der Waals surface area (Å²) in [7, 11) is 2.07. The molecule has 0 fully saturated rings. The van der Waals surface area contributed by atoms with Crippen molar-refractivity contribution in [3.63, 3.8) is 0 Å². The van der Waals surface area contributed by atoms with Crippen LogP contribution in [0, 0.1) is 0 Å². The molecule has 0 saturated carbocycles. The van der Waals surface area contributed by atoms with Crippen molar-refractivity contribution in [1.29, 1.82) is 0 Å². The Bertz CT molecular complexity index is 320. The minimum atomic E-state index is -0.389. The molecular weight excluding hydrogens is 210 g/mol. The van der Waals surface area contributed by atoms with Crippen LogP contribution in [0.1, 0.15) is 44.4 Å². The number of aryl methyl sites for hydroxylation is 1. The number of likely N-dealkylation sites (N-methyl/N-ethyl adjacent to an activating group) is 1. The van der Waals surface area contributed by atoms with Crippen molar-refractivity contribution in [2.45, 2.75) is 45.8 Å². The average molecular weight is 235 g/mol. The van der Waals surface area contributed by atoms with E-state index in [1.807, 2.05) is 12.1 Å². The molecule has 0 bridgehead atoms. The Hall–Kier alpha value is -0.860. The normalized spacial score (nSPS) is 14.9. The van der Waals surface area contributed by atoms with Crippen molar-refractivity contribution < 1.29 is 5.11 Å². The minimum absolute atomic E-state index is 0.389. The van der Waals surface area contributed by atoms with Crippen molar-refractivity contribution >= 4 is 0 Å². The molecule has 17 heavy (non-hydrogen) atoms. The van der Waals surface area contributed by atoms with Crippen molar-refractivity contribution in [3.05, 3.63) is 35.4 Å². The first-order chi connectivity index (χ1) is 8.08. The number of benzene rings is 1. The van der Waals surface area contributed by atoms with Crippen molar-refractivity contribution in [2.24, 2.45) is 0 Å². The Labute approximate surface area is 105 Å². The lowest BCUT2D eigenvalue weighted by Crippen LogP contribution is -2.32. The summed E-state index contributed by atoms with van der Waals surface area (Å²) in [4.78, 5) is 2.21. The predicted octanol–water partition coefficient (Wildman–Crippen LogP) is 3.01. The monoisotopic (exact) mass is 235 g/mol. The molecule has 1 aromatic carbocycles. The molecule has 1 rings (SSSR count). The molecule has 0 aliphatic rings. The van der Waals surface area contributed by atoms with E-state index < -0.39 is 0 Å². The third-order valence-corrected chi connectivity index (χ3v) is 3.58. The minimum Gasteiger partial charge on any atom is -0.387 e. The lowest BCUT2D eigenvalue weighted by molar-refractivity contribution is 0.107. The second kappa shape index (κ2) is 6.77. The Morgan fingerprint density at radius 1 is 1.18 bits per heavy atom. The van der Waals surface area contributed by atoms with E-state index in [1.165, 1.54) is 5.56 Å². The highest BCUT2D eigenvalue weighted by Gasteiger charge is 2.13. The first-order valence-corrected chi connectivity index (χ1v) is 6.55. The van der Waals surface area contributed by atoms with Crippen molar-refractivity contribution in [3.8, 4) is 0 Å². The quantitative estimate of drug-likeness (QED) is 0.819. The second-order valence-corrected chi connectivity index (χ2v) is 4.81. The van der Waals surface area contributed by atoms with E-state index in [2.05, 4.69) is 44.9 Å². The summed E-state index contributed by atoms with van der Waals surface area (Å²) in [5.41, 5.74) is 2.33. The van der Waals surface area contributed by atoms with Crippen LogP contribution in [0.5, 0.6) is 0 Å². The maximum absolute atomic E-state index is 10.2. The topological polar surface area (TPSA) is 23.5 Å². The van der Waals surface area contributed by atoms with Crippen LogP contribution < -0.4 is 0 Å². The largest absolute Gasteiger partial charge is 0.387 e. The third-order valence-electron chi connectivity index (χ3n) is 3.58. The van der Waals surface area contributed by atoms with E-state index in [0.29, 0.717) is 12.6 Å². The number of hydrogen-bond acceptors (Lipinski definition) is 2. The van der Waals surface area contributed by atoms with Crippen LogP contribution in [0.4, 0.5) is 0 Å². The molecule has 2 heteroatoms. The van der Waals surface area contributed by atoms with Gasteiger partial charge in [0.2, 0.25) is 0 Å². The van der Waals surface area contributed by atoms with Crippen LogP contribution in [0.15, 0.2) is 24.3 Å². The molecule has 2 atom stereocenters. The zero-order valence-electron chi connectivity index (χ0n) is 11.5. The van der Waals surface area contributed by atoms with E-state index >= 15 is 0 Å². The van der Waals surface area contributed by atoms with Crippen LogP contribution in [0.3, 0.4) is 0 Å². The van der Waals surface area contributed by atoms with E-state index in [1.54, 1.807) is 0 Å². The molecule has 0 aromatic heterocycles. The SMILES string of the molecule is CCc1ccc(C(O)CN(C)C(C)CC)cc1. The Morgan fingerprint density at radius 2 is 1.76 bits per heavy atom. The maximum atomic E-state index is 10.2. The standard InChI is InChI=1S/C15H25NO/c1-5-12(3)16(4)11-15(17)14-9-7-13(6-2)8-10-14/h7-10,12,15,17H,5-6,11H2,1-4H3. The van der Waals surface area contributed by atoms with Gasteiger partial charge in [0.15, 0.2) is 0 Å². The molecule has 2 nitrogen and oxygen atoms in total. The molecule has 0 aliphatic carbocycles. The van der Waals surface area contributed by atoms with Crippen LogP contribution >= 0.6 is 0 Å². The van der Waals surface area contributed by atoms with Gasteiger partial charge in [-0.1, -0.05) is 38.1 Å². The molecule has 0 spiro atoms. The zero-order valence-corrected chi connectivity index (χ0v) is 11.5. The Kier molecular flexibility index (Phi) is 5.66. The molecule has 1 aromatic rings. The van der Waals surface area contributed by atoms with E-state index in [-0.39, 0.29) is 6.10 Å². The first-order valence-electron chi connectivity index (χ1n) is 6.55. The highest BCUT2D eigenvalue weighted by atomic mass is 16.3. The lowest BCUT2D eigenvalue weighted by atomic mass is 10.0. The maximum Gasteiger partial charge on any atom is 0.0916 e. The van der Waals surface area contributed by atoms with E-state index in [4.69, 9.17) is 0 Å². The molecule has 1 N–H and O–H groups in total. The smallest absolute Gasteiger partial charge is 0.0916 e. The fourth-order valence-corrected chi connectivity index (χ4v) is 1.85. The fourth-order valence-electron chi connectivity index (χ4n) is 1.85. The number of rotatable bonds is 6. The molecule has 0 heterocycles. The summed E-state index contributed by atoms with van der Waals surface area (Å²) in [5.74, 6) is 0. The average Bonchev–Trinajstić information content (AvgIpc) is 2.37. The van der Waals surface area contributed by atoms with Gasteiger partial charge >= 0.3 is 0 Å². The second-order valence-electron chi connectivity index (χ2n) is 4.81. The Balaban J connectivity index is 2.59. The first kappa shape index (κ1) is 14.2. The number of aliphatic hydroxyl groups is 1. The number of hydrogen-bond donors (Lipinski definition) is 1. The molecule has 0 saturated heterocycles. The Morgan fingerprint density at radius 3 is 2.24 bits per heavy atom. The summed E-state index contributed by atoms with van der Waals surface area (Å²) in [6, 6.07) is 8.78. The number of aliphatic hydroxyl groups excluding tert-OH is 1. The molecule has 0 amide bonds.